The number of nitrogen functional groups attached to an aromatic ring is 1. The summed E-state index contributed by atoms with van der Waals surface area (Å²) in [7, 11) is 0. The van der Waals surface area contributed by atoms with Crippen molar-refractivity contribution in [3.63, 3.8) is 0 Å². The number of hydrogen-bond acceptors (Lipinski definition) is 5. The highest BCUT2D eigenvalue weighted by Crippen LogP contribution is 2.09. The van der Waals surface area contributed by atoms with Gasteiger partial charge in [-0.15, -0.1) is 0 Å². The number of aromatic nitrogens is 2. The molecule has 1 aromatic heterocycles. The smallest absolute Gasteiger partial charge is 0.260 e. The largest absolute Gasteiger partial charge is 0.365 e. The van der Waals surface area contributed by atoms with E-state index in [9.17, 15) is 0 Å². The molecule has 0 spiro atoms. The second kappa shape index (κ2) is 4.06. The lowest BCUT2D eigenvalue weighted by atomic mass is 10.0. The highest BCUT2D eigenvalue weighted by atomic mass is 16.5. The molecule has 0 radical (unpaired) electrons. The fourth-order valence-electron chi connectivity index (χ4n) is 0.992. The first-order valence-electron chi connectivity index (χ1n) is 4.04. The predicted molar refractivity (Wildman–Crippen MR) is 45.2 cm³/mol. The molecule has 5 heteroatoms. The van der Waals surface area contributed by atoms with Crippen molar-refractivity contribution in [2.75, 3.05) is 12.3 Å². The molecule has 1 heterocycles. The molecule has 12 heavy (non-hydrogen) atoms. The molecule has 68 valence electrons. The van der Waals surface area contributed by atoms with Crippen molar-refractivity contribution in [3.05, 3.63) is 5.89 Å². The van der Waals surface area contributed by atoms with Gasteiger partial charge in [0, 0.05) is 6.42 Å². The second-order valence-corrected chi connectivity index (χ2v) is 2.76. The Morgan fingerprint density at radius 3 is 2.75 bits per heavy atom. The standard InChI is InChI=1S/C7H14N4O/c1-2-5(4-8)3-6-10-7(9)11-12-6/h5H,2-4,8H2,1H3,(H2,9,11). The van der Waals surface area contributed by atoms with Gasteiger partial charge in [0.15, 0.2) is 0 Å². The number of hydrogen-bond donors (Lipinski definition) is 2. The third-order valence-corrected chi connectivity index (χ3v) is 1.86. The molecule has 0 saturated heterocycles. The van der Waals surface area contributed by atoms with Crippen LogP contribution >= 0.6 is 0 Å². The molecular weight excluding hydrogens is 156 g/mol. The zero-order valence-corrected chi connectivity index (χ0v) is 7.16. The SMILES string of the molecule is CCC(CN)Cc1nc(N)no1. The fraction of sp³-hybridized carbons (Fsp3) is 0.714. The van der Waals surface area contributed by atoms with Gasteiger partial charge in [0.25, 0.3) is 5.95 Å². The van der Waals surface area contributed by atoms with Gasteiger partial charge in [0.2, 0.25) is 5.89 Å². The van der Waals surface area contributed by atoms with Crippen molar-refractivity contribution in [3.8, 4) is 0 Å². The van der Waals surface area contributed by atoms with Crippen LogP contribution in [0.4, 0.5) is 5.95 Å². The van der Waals surface area contributed by atoms with Crippen LogP contribution in [0.15, 0.2) is 4.52 Å². The lowest BCUT2D eigenvalue weighted by Gasteiger charge is -2.07. The van der Waals surface area contributed by atoms with Crippen LogP contribution in [0, 0.1) is 5.92 Å². The zero-order valence-electron chi connectivity index (χ0n) is 7.16. The van der Waals surface area contributed by atoms with E-state index in [2.05, 4.69) is 17.1 Å². The molecule has 0 aromatic carbocycles. The molecule has 0 saturated carbocycles. The summed E-state index contributed by atoms with van der Waals surface area (Å²) in [6.45, 7) is 2.72. The Bertz CT molecular complexity index is 231. The summed E-state index contributed by atoms with van der Waals surface area (Å²) in [5, 5.41) is 3.49. The van der Waals surface area contributed by atoms with Gasteiger partial charge in [-0.25, -0.2) is 0 Å². The van der Waals surface area contributed by atoms with E-state index in [-0.39, 0.29) is 5.95 Å². The van der Waals surface area contributed by atoms with Crippen molar-refractivity contribution in [1.82, 2.24) is 10.1 Å². The summed E-state index contributed by atoms with van der Waals surface area (Å²) >= 11 is 0. The summed E-state index contributed by atoms with van der Waals surface area (Å²) in [6.07, 6.45) is 1.73. The first kappa shape index (κ1) is 8.99. The van der Waals surface area contributed by atoms with Gasteiger partial charge in [-0.2, -0.15) is 4.98 Å². The number of anilines is 1. The highest BCUT2D eigenvalue weighted by Gasteiger charge is 2.10. The van der Waals surface area contributed by atoms with Gasteiger partial charge in [0.05, 0.1) is 0 Å². The van der Waals surface area contributed by atoms with E-state index < -0.39 is 0 Å². The lowest BCUT2D eigenvalue weighted by Crippen LogP contribution is -2.15. The van der Waals surface area contributed by atoms with Crippen molar-refractivity contribution >= 4 is 5.95 Å². The fourth-order valence-corrected chi connectivity index (χ4v) is 0.992. The minimum Gasteiger partial charge on any atom is -0.365 e. The van der Waals surface area contributed by atoms with Crippen LogP contribution in [0.25, 0.3) is 0 Å². The maximum Gasteiger partial charge on any atom is 0.260 e. The molecule has 0 bridgehead atoms. The summed E-state index contributed by atoms with van der Waals surface area (Å²) < 4.78 is 4.86. The maximum absolute atomic E-state index is 5.52. The predicted octanol–water partition coefficient (Wildman–Crippen LogP) is 0.179. The Morgan fingerprint density at radius 1 is 1.58 bits per heavy atom. The van der Waals surface area contributed by atoms with E-state index in [0.717, 1.165) is 12.8 Å². The van der Waals surface area contributed by atoms with Crippen LogP contribution < -0.4 is 11.5 Å². The third kappa shape index (κ3) is 2.20. The quantitative estimate of drug-likeness (QED) is 0.672. The summed E-state index contributed by atoms with van der Waals surface area (Å²) in [4.78, 5) is 3.89. The van der Waals surface area contributed by atoms with Crippen LogP contribution in [0.5, 0.6) is 0 Å². The van der Waals surface area contributed by atoms with Crippen LogP contribution in [0.1, 0.15) is 19.2 Å². The van der Waals surface area contributed by atoms with Gasteiger partial charge in [-0.1, -0.05) is 13.3 Å². The number of nitrogens with two attached hydrogens (primary N) is 2. The van der Waals surface area contributed by atoms with Crippen LogP contribution in [0.2, 0.25) is 0 Å². The first-order chi connectivity index (χ1) is 5.76. The average molecular weight is 170 g/mol. The van der Waals surface area contributed by atoms with E-state index in [1.807, 2.05) is 0 Å². The van der Waals surface area contributed by atoms with Gasteiger partial charge in [0.1, 0.15) is 0 Å². The first-order valence-corrected chi connectivity index (χ1v) is 4.04. The van der Waals surface area contributed by atoms with Gasteiger partial charge in [-0.05, 0) is 17.6 Å². The molecule has 1 atom stereocenters. The Kier molecular flexibility index (Phi) is 3.04. The van der Waals surface area contributed by atoms with Crippen molar-refractivity contribution in [1.29, 1.82) is 0 Å². The van der Waals surface area contributed by atoms with E-state index in [1.54, 1.807) is 0 Å². The Morgan fingerprint density at radius 2 is 2.33 bits per heavy atom. The topological polar surface area (TPSA) is 91.0 Å². The van der Waals surface area contributed by atoms with Gasteiger partial charge < -0.3 is 16.0 Å². The van der Waals surface area contributed by atoms with Crippen molar-refractivity contribution in [2.45, 2.75) is 19.8 Å². The molecule has 0 amide bonds. The molecule has 0 aliphatic heterocycles. The van der Waals surface area contributed by atoms with Crippen LogP contribution in [0.3, 0.4) is 0 Å². The van der Waals surface area contributed by atoms with E-state index >= 15 is 0 Å². The minimum absolute atomic E-state index is 0.192. The molecule has 0 aliphatic rings. The Balaban J connectivity index is 2.50. The van der Waals surface area contributed by atoms with E-state index in [1.165, 1.54) is 0 Å². The molecule has 1 rings (SSSR count). The summed E-state index contributed by atoms with van der Waals surface area (Å²) in [6, 6.07) is 0. The molecule has 0 aliphatic carbocycles. The second-order valence-electron chi connectivity index (χ2n) is 2.76. The van der Waals surface area contributed by atoms with Crippen molar-refractivity contribution in [2.24, 2.45) is 11.7 Å². The number of rotatable bonds is 4. The molecule has 1 aromatic rings. The Hall–Kier alpha value is -1.10. The number of nitrogens with zero attached hydrogens (tertiary/aromatic N) is 2. The summed E-state index contributed by atoms with van der Waals surface area (Å²) in [5.41, 5.74) is 10.8. The van der Waals surface area contributed by atoms with Crippen molar-refractivity contribution < 1.29 is 4.52 Å². The normalized spacial score (nSPS) is 13.2. The third-order valence-electron chi connectivity index (χ3n) is 1.86. The zero-order chi connectivity index (χ0) is 8.97. The lowest BCUT2D eigenvalue weighted by molar-refractivity contribution is 0.351. The van der Waals surface area contributed by atoms with Gasteiger partial charge >= 0.3 is 0 Å². The highest BCUT2D eigenvalue weighted by molar-refractivity contribution is 5.10. The molecule has 4 N–H and O–H groups in total. The maximum atomic E-state index is 5.52. The monoisotopic (exact) mass is 170 g/mol. The average Bonchev–Trinajstić information content (AvgIpc) is 2.47. The molecular formula is C7H14N4O. The van der Waals surface area contributed by atoms with Crippen LogP contribution in [-0.2, 0) is 6.42 Å². The molecule has 5 nitrogen and oxygen atoms in total. The molecule has 1 unspecified atom stereocenters. The van der Waals surface area contributed by atoms with E-state index in [4.69, 9.17) is 16.0 Å². The van der Waals surface area contributed by atoms with Crippen LogP contribution in [-0.4, -0.2) is 16.7 Å². The molecule has 0 fully saturated rings. The minimum atomic E-state index is 0.192. The Labute approximate surface area is 71.1 Å². The van der Waals surface area contributed by atoms with Gasteiger partial charge in [-0.3, -0.25) is 0 Å². The van der Waals surface area contributed by atoms with E-state index in [0.29, 0.717) is 18.4 Å². The summed E-state index contributed by atoms with van der Waals surface area (Å²) in [5.74, 6) is 1.17.